The average Bonchev–Trinajstić information content (AvgIpc) is 3.19. The van der Waals surface area contributed by atoms with E-state index in [0.29, 0.717) is 0 Å². The number of halogens is 7. The van der Waals surface area contributed by atoms with E-state index in [1.54, 1.807) is 0 Å². The number of esters is 1. The number of aromatic nitrogens is 2. The van der Waals surface area contributed by atoms with E-state index in [-0.39, 0.29) is 37.5 Å². The summed E-state index contributed by atoms with van der Waals surface area (Å²) in [5, 5.41) is 3.10. The maximum absolute atomic E-state index is 14.9. The van der Waals surface area contributed by atoms with E-state index in [2.05, 4.69) is 10.1 Å². The molecule has 0 amide bonds. The van der Waals surface area contributed by atoms with Gasteiger partial charge in [0, 0.05) is 5.56 Å². The Morgan fingerprint density at radius 3 is 1.97 bits per heavy atom. The lowest BCUT2D eigenvalue weighted by atomic mass is 10.1. The zero-order valence-corrected chi connectivity index (χ0v) is 22.1. The van der Waals surface area contributed by atoms with Crippen LogP contribution in [0.1, 0.15) is 51.9 Å². The summed E-state index contributed by atoms with van der Waals surface area (Å²) < 4.78 is 128. The number of alkyl halides is 2. The molecule has 0 saturated heterocycles. The van der Waals surface area contributed by atoms with Crippen molar-refractivity contribution < 1.29 is 55.9 Å². The highest BCUT2D eigenvalue weighted by Crippen LogP contribution is 3.02. The molecule has 0 aliphatic carbocycles. The van der Waals surface area contributed by atoms with E-state index in [1.165, 1.54) is 34.6 Å². The molecule has 2 aromatic rings. The zero-order valence-electron chi connectivity index (χ0n) is 20.4. The first-order valence-corrected chi connectivity index (χ1v) is 14.3. The van der Waals surface area contributed by atoms with Crippen molar-refractivity contribution in [3.63, 3.8) is 0 Å². The Balaban J connectivity index is 2.41. The van der Waals surface area contributed by atoms with Crippen LogP contribution in [0.15, 0.2) is 33.7 Å². The topological polar surface area (TPSA) is 101 Å². The third kappa shape index (κ3) is 7.91. The summed E-state index contributed by atoms with van der Waals surface area (Å²) in [5.74, 6) is -7.19. The molecule has 8 nitrogen and oxygen atoms in total. The van der Waals surface area contributed by atoms with Gasteiger partial charge in [-0.05, 0) is 46.8 Å². The van der Waals surface area contributed by atoms with Crippen LogP contribution in [-0.2, 0) is 35.5 Å². The Hall–Kier alpha value is -2.16. The zero-order chi connectivity index (χ0) is 28.6. The molecule has 17 heteroatoms. The van der Waals surface area contributed by atoms with Crippen molar-refractivity contribution in [3.05, 3.63) is 41.5 Å². The minimum Gasteiger partial charge on any atom is -0.459 e. The van der Waals surface area contributed by atoms with Crippen LogP contribution in [0.25, 0.3) is 0 Å². The van der Waals surface area contributed by atoms with E-state index in [1.807, 2.05) is 0 Å². The largest absolute Gasteiger partial charge is 0.459 e. The number of hydrogen-bond acceptors (Lipinski definition) is 8. The minimum absolute atomic E-state index is 0.140. The number of carbonyl (C=O) groups is 1. The van der Waals surface area contributed by atoms with Crippen LogP contribution in [0.2, 0.25) is 0 Å². The second-order valence-corrected chi connectivity index (χ2v) is 13.3. The number of nitrogens with zero attached hydrogens (tertiary/aromatic N) is 2. The summed E-state index contributed by atoms with van der Waals surface area (Å²) in [6.07, 6.45) is -0.710. The number of carbonyl (C=O) groups excluding carboxylic acids is 1. The normalized spacial score (nSPS) is 16.1. The SMILES string of the molecule is CCOP(=O)(OCC)C(Cc1nc(C(F)(F)c2ccc(S(F)(F)(F)(F)F)cc2)no1)C(=O)OC(C)(C)C. The van der Waals surface area contributed by atoms with Crippen LogP contribution in [0.5, 0.6) is 0 Å². The highest BCUT2D eigenvalue weighted by molar-refractivity contribution is 8.45. The van der Waals surface area contributed by atoms with Crippen LogP contribution in [-0.4, -0.2) is 40.6 Å². The fourth-order valence-corrected chi connectivity index (χ4v) is 5.45. The van der Waals surface area contributed by atoms with Crippen LogP contribution < -0.4 is 0 Å². The molecule has 0 radical (unpaired) electrons. The van der Waals surface area contributed by atoms with E-state index in [0.717, 1.165) is 0 Å². The minimum atomic E-state index is -10.1. The van der Waals surface area contributed by atoms with Crippen LogP contribution in [0.3, 0.4) is 0 Å². The monoisotopic (exact) mass is 586 g/mol. The molecule has 0 aliphatic rings. The molecule has 1 aromatic carbocycles. The Morgan fingerprint density at radius 2 is 1.54 bits per heavy atom. The number of hydrogen-bond donors (Lipinski definition) is 0. The second-order valence-electron chi connectivity index (χ2n) is 8.71. The van der Waals surface area contributed by atoms with Gasteiger partial charge >= 0.3 is 29.7 Å². The van der Waals surface area contributed by atoms with Crippen molar-refractivity contribution in [3.8, 4) is 0 Å². The molecule has 1 atom stereocenters. The molecule has 0 aliphatic heterocycles. The lowest BCUT2D eigenvalue weighted by molar-refractivity contribution is -0.154. The fraction of sp³-hybridized carbons (Fsp3) is 0.550. The number of ether oxygens (including phenoxy) is 1. The summed E-state index contributed by atoms with van der Waals surface area (Å²) in [6.45, 7) is 7.26. The molecule has 1 unspecified atom stereocenters. The highest BCUT2D eigenvalue weighted by Gasteiger charge is 2.65. The Kier molecular flexibility index (Phi) is 8.01. The van der Waals surface area contributed by atoms with Crippen molar-refractivity contribution in [1.82, 2.24) is 10.1 Å². The lowest BCUT2D eigenvalue weighted by Crippen LogP contribution is -2.34. The average molecular weight is 586 g/mol. The standard InChI is InChI=1S/C20H26F7N2O6PS/c1-6-32-36(31,33-7-2)15(17(30)34-19(3,4)5)12-16-28-18(29-35-16)20(21,22)13-8-10-14(11-9-13)37(23,24,25,26)27/h8-11,15H,6-7,12H2,1-5H3. The quantitative estimate of drug-likeness (QED) is 0.153. The maximum Gasteiger partial charge on any atom is 0.345 e. The van der Waals surface area contributed by atoms with E-state index < -0.39 is 69.6 Å². The van der Waals surface area contributed by atoms with Crippen molar-refractivity contribution >= 4 is 23.8 Å². The van der Waals surface area contributed by atoms with Gasteiger partial charge in [0.1, 0.15) is 10.5 Å². The van der Waals surface area contributed by atoms with E-state index in [4.69, 9.17) is 18.3 Å². The molecule has 0 N–H and O–H groups in total. The molecule has 1 aromatic heterocycles. The van der Waals surface area contributed by atoms with E-state index >= 15 is 0 Å². The predicted octanol–water partition coefficient (Wildman–Crippen LogP) is 7.39. The van der Waals surface area contributed by atoms with Crippen molar-refractivity contribution in [2.75, 3.05) is 13.2 Å². The van der Waals surface area contributed by atoms with Crippen LogP contribution >= 0.6 is 17.8 Å². The van der Waals surface area contributed by atoms with Gasteiger partial charge in [0.05, 0.1) is 19.6 Å². The third-order valence-electron chi connectivity index (χ3n) is 4.46. The van der Waals surface area contributed by atoms with Gasteiger partial charge in [-0.15, -0.1) is 0 Å². The summed E-state index contributed by atoms with van der Waals surface area (Å²) in [6, 6.07) is -0.0359. The molecule has 0 fully saturated rings. The van der Waals surface area contributed by atoms with Gasteiger partial charge in [0.25, 0.3) is 0 Å². The van der Waals surface area contributed by atoms with Crippen LogP contribution in [0, 0.1) is 0 Å². The second kappa shape index (κ2) is 9.54. The predicted molar refractivity (Wildman–Crippen MR) is 119 cm³/mol. The first kappa shape index (κ1) is 31.1. The Morgan fingerprint density at radius 1 is 1.03 bits per heavy atom. The molecule has 0 spiro atoms. The molecule has 1 heterocycles. The van der Waals surface area contributed by atoms with Gasteiger partial charge in [0.15, 0.2) is 5.66 Å². The molecule has 212 valence electrons. The molecule has 2 rings (SSSR count). The summed E-state index contributed by atoms with van der Waals surface area (Å²) >= 11 is 0. The first-order valence-electron chi connectivity index (χ1n) is 10.7. The van der Waals surface area contributed by atoms with Gasteiger partial charge in [0.2, 0.25) is 11.7 Å². The Labute approximate surface area is 208 Å². The maximum atomic E-state index is 14.9. The van der Waals surface area contributed by atoms with Crippen molar-refractivity contribution in [2.45, 2.75) is 63.1 Å². The van der Waals surface area contributed by atoms with Gasteiger partial charge in [-0.2, -0.15) is 13.8 Å². The molecule has 0 bridgehead atoms. The van der Waals surface area contributed by atoms with Gasteiger partial charge in [-0.1, -0.05) is 36.7 Å². The smallest absolute Gasteiger partial charge is 0.345 e. The van der Waals surface area contributed by atoms with E-state index in [9.17, 15) is 37.6 Å². The summed E-state index contributed by atoms with van der Waals surface area (Å²) in [4.78, 5) is 13.9. The van der Waals surface area contributed by atoms with Crippen molar-refractivity contribution in [2.24, 2.45) is 0 Å². The summed E-state index contributed by atoms with van der Waals surface area (Å²) in [5.41, 5.74) is -3.86. The molecule has 37 heavy (non-hydrogen) atoms. The molecular weight excluding hydrogens is 560 g/mol. The highest BCUT2D eigenvalue weighted by atomic mass is 32.5. The van der Waals surface area contributed by atoms with Crippen molar-refractivity contribution in [1.29, 1.82) is 0 Å². The number of benzene rings is 1. The van der Waals surface area contributed by atoms with Gasteiger partial charge in [-0.3, -0.25) is 9.36 Å². The summed E-state index contributed by atoms with van der Waals surface area (Å²) in [7, 11) is -14.3. The Bertz CT molecular complexity index is 1160. The molecular formula is C20H26F7N2O6PS. The fourth-order valence-electron chi connectivity index (χ4n) is 2.95. The lowest BCUT2D eigenvalue weighted by Gasteiger charge is -2.40. The number of rotatable bonds is 11. The third-order valence-corrected chi connectivity index (χ3v) is 8.01. The molecule has 0 saturated carbocycles. The van der Waals surface area contributed by atoms with Crippen LogP contribution in [0.4, 0.5) is 28.2 Å². The van der Waals surface area contributed by atoms with Gasteiger partial charge < -0.3 is 18.3 Å². The van der Waals surface area contributed by atoms with Gasteiger partial charge in [-0.25, -0.2) is 0 Å². The first-order chi connectivity index (χ1) is 16.5.